The van der Waals surface area contributed by atoms with Gasteiger partial charge in [0.25, 0.3) is 0 Å². The van der Waals surface area contributed by atoms with Crippen LogP contribution in [0.1, 0.15) is 12.8 Å². The second kappa shape index (κ2) is 5.59. The summed E-state index contributed by atoms with van der Waals surface area (Å²) in [4.78, 5) is 2.30. The van der Waals surface area contributed by atoms with Gasteiger partial charge in [-0.2, -0.15) is 0 Å². The molecule has 1 unspecified atom stereocenters. The van der Waals surface area contributed by atoms with Gasteiger partial charge < -0.3 is 20.1 Å². The highest BCUT2D eigenvalue weighted by atomic mass is 16.5. The van der Waals surface area contributed by atoms with Gasteiger partial charge in [0.2, 0.25) is 0 Å². The smallest absolute Gasteiger partial charge is 0.120 e. The molecule has 4 heteroatoms. The van der Waals surface area contributed by atoms with E-state index in [4.69, 9.17) is 4.74 Å². The number of anilines is 1. The van der Waals surface area contributed by atoms with E-state index in [9.17, 15) is 5.11 Å². The Morgan fingerprint density at radius 3 is 3.00 bits per heavy atom. The third-order valence-corrected chi connectivity index (χ3v) is 3.83. The van der Waals surface area contributed by atoms with E-state index in [0.717, 1.165) is 37.4 Å². The van der Waals surface area contributed by atoms with E-state index < -0.39 is 0 Å². The van der Waals surface area contributed by atoms with Crippen molar-refractivity contribution in [3.63, 3.8) is 0 Å². The third-order valence-electron chi connectivity index (χ3n) is 3.83. The van der Waals surface area contributed by atoms with Crippen LogP contribution in [-0.4, -0.2) is 44.5 Å². The number of hydrogen-bond acceptors (Lipinski definition) is 4. The first-order valence-corrected chi connectivity index (χ1v) is 6.42. The lowest BCUT2D eigenvalue weighted by molar-refractivity contribution is 0.149. The summed E-state index contributed by atoms with van der Waals surface area (Å²) in [5.74, 6) is 0.872. The van der Waals surface area contributed by atoms with Gasteiger partial charge in [0.15, 0.2) is 0 Å². The molecule has 2 rings (SSSR count). The van der Waals surface area contributed by atoms with Crippen molar-refractivity contribution >= 4 is 5.69 Å². The molecular formula is C14H22N2O2. The van der Waals surface area contributed by atoms with Crippen LogP contribution in [0.3, 0.4) is 0 Å². The molecule has 1 aromatic rings. The molecule has 2 N–H and O–H groups in total. The maximum Gasteiger partial charge on any atom is 0.120 e. The molecule has 0 amide bonds. The number of methoxy groups -OCH3 is 1. The Bertz CT molecular complexity index is 391. The molecule has 0 aromatic heterocycles. The Balaban J connectivity index is 2.17. The Labute approximate surface area is 109 Å². The van der Waals surface area contributed by atoms with Crippen molar-refractivity contribution in [1.82, 2.24) is 5.32 Å². The number of likely N-dealkylation sites (N-methyl/N-ethyl adjacent to an activating group) is 1. The molecule has 0 bridgehead atoms. The molecule has 1 fully saturated rings. The highest BCUT2D eigenvalue weighted by molar-refractivity contribution is 5.51. The highest BCUT2D eigenvalue weighted by Gasteiger charge is 2.33. The minimum absolute atomic E-state index is 0.171. The zero-order valence-electron chi connectivity index (χ0n) is 11.1. The van der Waals surface area contributed by atoms with Crippen molar-refractivity contribution in [1.29, 1.82) is 0 Å². The molecule has 1 aliphatic heterocycles. The molecule has 18 heavy (non-hydrogen) atoms. The fourth-order valence-electron chi connectivity index (χ4n) is 2.57. The van der Waals surface area contributed by atoms with Crippen LogP contribution in [0.2, 0.25) is 0 Å². The van der Waals surface area contributed by atoms with Crippen molar-refractivity contribution in [2.24, 2.45) is 0 Å². The largest absolute Gasteiger partial charge is 0.497 e. The Kier molecular flexibility index (Phi) is 4.09. The summed E-state index contributed by atoms with van der Waals surface area (Å²) in [6.07, 6.45) is 2.10. The van der Waals surface area contributed by atoms with E-state index >= 15 is 0 Å². The summed E-state index contributed by atoms with van der Waals surface area (Å²) in [5.41, 5.74) is 0.976. The van der Waals surface area contributed by atoms with Crippen LogP contribution in [0.15, 0.2) is 24.3 Å². The lowest BCUT2D eigenvalue weighted by Gasteiger charge is -2.42. The maximum absolute atomic E-state index is 9.59. The van der Waals surface area contributed by atoms with Gasteiger partial charge in [-0.1, -0.05) is 6.07 Å². The summed E-state index contributed by atoms with van der Waals surface area (Å²) in [7, 11) is 3.60. The first kappa shape index (κ1) is 13.2. The van der Waals surface area contributed by atoms with Crippen LogP contribution < -0.4 is 15.0 Å². The van der Waals surface area contributed by atoms with Crippen molar-refractivity contribution in [3.8, 4) is 5.75 Å². The maximum atomic E-state index is 9.59. The molecular weight excluding hydrogens is 228 g/mol. The summed E-state index contributed by atoms with van der Waals surface area (Å²) in [6.45, 7) is 2.02. The second-order valence-electron chi connectivity index (χ2n) is 4.92. The van der Waals surface area contributed by atoms with Gasteiger partial charge in [-0.3, -0.25) is 0 Å². The number of ether oxygens (including phenoxy) is 1. The topological polar surface area (TPSA) is 44.7 Å². The average molecular weight is 250 g/mol. The van der Waals surface area contributed by atoms with E-state index in [0.29, 0.717) is 0 Å². The van der Waals surface area contributed by atoms with Gasteiger partial charge in [-0.15, -0.1) is 0 Å². The van der Waals surface area contributed by atoms with E-state index in [-0.39, 0.29) is 12.1 Å². The number of nitrogens with one attached hydrogen (secondary N) is 1. The summed E-state index contributed by atoms with van der Waals surface area (Å²) in [6, 6.07) is 8.09. The monoisotopic (exact) mass is 250 g/mol. The van der Waals surface area contributed by atoms with E-state index in [1.165, 1.54) is 0 Å². The molecule has 1 aromatic carbocycles. The fourth-order valence-corrected chi connectivity index (χ4v) is 2.57. The minimum Gasteiger partial charge on any atom is -0.497 e. The van der Waals surface area contributed by atoms with Gasteiger partial charge in [0.1, 0.15) is 5.75 Å². The van der Waals surface area contributed by atoms with Gasteiger partial charge in [-0.25, -0.2) is 0 Å². The summed E-state index contributed by atoms with van der Waals surface area (Å²) < 4.78 is 5.26. The molecule has 4 nitrogen and oxygen atoms in total. The van der Waals surface area contributed by atoms with Crippen LogP contribution in [0, 0.1) is 0 Å². The van der Waals surface area contributed by atoms with E-state index in [1.54, 1.807) is 7.11 Å². The molecule has 0 radical (unpaired) electrons. The normalized spacial score (nSPS) is 24.1. The van der Waals surface area contributed by atoms with Crippen molar-refractivity contribution in [3.05, 3.63) is 24.3 Å². The van der Waals surface area contributed by atoms with Gasteiger partial charge in [0.05, 0.1) is 19.3 Å². The molecule has 0 saturated carbocycles. The van der Waals surface area contributed by atoms with Gasteiger partial charge >= 0.3 is 0 Å². The highest BCUT2D eigenvalue weighted by Crippen LogP contribution is 2.27. The first-order chi connectivity index (χ1) is 8.73. The lowest BCUT2D eigenvalue weighted by atomic mass is 9.89. The van der Waals surface area contributed by atoms with Crippen molar-refractivity contribution < 1.29 is 9.84 Å². The molecule has 1 atom stereocenters. The number of aliphatic hydroxyl groups is 1. The Morgan fingerprint density at radius 2 is 2.33 bits per heavy atom. The number of aliphatic hydroxyl groups excluding tert-OH is 1. The number of rotatable bonds is 4. The number of nitrogens with zero attached hydrogens (tertiary/aromatic N) is 1. The molecule has 1 aliphatic rings. The average Bonchev–Trinajstić information content (AvgIpc) is 2.47. The van der Waals surface area contributed by atoms with Gasteiger partial charge in [0, 0.05) is 24.8 Å². The molecule has 100 valence electrons. The Morgan fingerprint density at radius 1 is 1.50 bits per heavy atom. The zero-order valence-corrected chi connectivity index (χ0v) is 11.1. The van der Waals surface area contributed by atoms with Crippen molar-refractivity contribution in [2.75, 3.05) is 38.8 Å². The van der Waals surface area contributed by atoms with Crippen LogP contribution in [-0.2, 0) is 0 Å². The van der Waals surface area contributed by atoms with Crippen molar-refractivity contribution in [2.45, 2.75) is 18.4 Å². The lowest BCUT2D eigenvalue weighted by Crippen LogP contribution is -2.58. The van der Waals surface area contributed by atoms with Crippen LogP contribution in [0.5, 0.6) is 5.75 Å². The zero-order chi connectivity index (χ0) is 13.0. The molecule has 1 heterocycles. The van der Waals surface area contributed by atoms with Crippen LogP contribution >= 0.6 is 0 Å². The molecule has 0 aliphatic carbocycles. The first-order valence-electron chi connectivity index (χ1n) is 6.42. The standard InChI is InChI=1S/C14H22N2O2/c1-15-14(11-17)7-4-8-16(10-14)12-5-3-6-13(9-12)18-2/h3,5-6,9,15,17H,4,7-8,10-11H2,1-2H3. The molecule has 0 spiro atoms. The molecule has 1 saturated heterocycles. The third kappa shape index (κ3) is 2.60. The fraction of sp³-hybridized carbons (Fsp3) is 0.571. The predicted octanol–water partition coefficient (Wildman–Crippen LogP) is 1.25. The predicted molar refractivity (Wildman–Crippen MR) is 73.3 cm³/mol. The number of benzene rings is 1. The summed E-state index contributed by atoms with van der Waals surface area (Å²) >= 11 is 0. The second-order valence-corrected chi connectivity index (χ2v) is 4.92. The SMILES string of the molecule is CNC1(CO)CCCN(c2cccc(OC)c2)C1. The van der Waals surface area contributed by atoms with Crippen LogP contribution in [0.25, 0.3) is 0 Å². The Hall–Kier alpha value is -1.26. The van der Waals surface area contributed by atoms with Crippen LogP contribution in [0.4, 0.5) is 5.69 Å². The minimum atomic E-state index is -0.179. The van der Waals surface area contributed by atoms with Gasteiger partial charge in [-0.05, 0) is 32.0 Å². The van der Waals surface area contributed by atoms with E-state index in [1.807, 2.05) is 25.2 Å². The number of piperidine rings is 1. The quantitative estimate of drug-likeness (QED) is 0.844. The van der Waals surface area contributed by atoms with E-state index in [2.05, 4.69) is 16.3 Å². The number of hydrogen-bond donors (Lipinski definition) is 2. The summed E-state index contributed by atoms with van der Waals surface area (Å²) in [5, 5.41) is 12.9.